The zero-order valence-electron chi connectivity index (χ0n) is 14.7. The van der Waals surface area contributed by atoms with Crippen LogP contribution >= 0.6 is 11.3 Å². The number of nitrogens with zero attached hydrogens (tertiary/aromatic N) is 3. The Morgan fingerprint density at radius 3 is 2.69 bits per heavy atom. The van der Waals surface area contributed by atoms with Gasteiger partial charge in [-0.1, -0.05) is 30.3 Å². The summed E-state index contributed by atoms with van der Waals surface area (Å²) < 4.78 is 0. The van der Waals surface area contributed by atoms with Gasteiger partial charge in [0.1, 0.15) is 5.01 Å². The first kappa shape index (κ1) is 17.6. The number of carbonyl (C=O) groups excluding carboxylic acids is 1. The van der Waals surface area contributed by atoms with E-state index in [0.29, 0.717) is 13.0 Å². The lowest BCUT2D eigenvalue weighted by Gasteiger charge is -2.35. The monoisotopic (exact) mass is 372 g/mol. The second-order valence-electron chi connectivity index (χ2n) is 6.96. The van der Waals surface area contributed by atoms with Crippen LogP contribution in [0.2, 0.25) is 0 Å². The lowest BCUT2D eigenvalue weighted by Crippen LogP contribution is -2.52. The number of aliphatic hydroxyl groups is 1. The lowest BCUT2D eigenvalue weighted by molar-refractivity contribution is -0.135. The summed E-state index contributed by atoms with van der Waals surface area (Å²) >= 11 is 1.68. The number of rotatable bonds is 4. The molecule has 0 spiro atoms. The Kier molecular flexibility index (Phi) is 5.31. The van der Waals surface area contributed by atoms with Crippen molar-refractivity contribution < 1.29 is 9.90 Å². The average molecular weight is 372 g/mol. The number of β-amino-alcohol motifs (C(OH)–C–C–N with tert-alkyl or cyclic N) is 1. The number of carbonyl (C=O) groups is 1. The van der Waals surface area contributed by atoms with E-state index in [1.54, 1.807) is 11.3 Å². The Morgan fingerprint density at radius 2 is 2.00 bits per heavy atom. The summed E-state index contributed by atoms with van der Waals surface area (Å²) in [7, 11) is 0. The molecule has 2 fully saturated rings. The van der Waals surface area contributed by atoms with E-state index in [-0.39, 0.29) is 11.9 Å². The summed E-state index contributed by atoms with van der Waals surface area (Å²) in [6.07, 6.45) is 0.133. The van der Waals surface area contributed by atoms with Crippen molar-refractivity contribution in [3.8, 4) is 10.6 Å². The summed E-state index contributed by atoms with van der Waals surface area (Å²) in [6, 6.07) is 10.0. The van der Waals surface area contributed by atoms with Crippen LogP contribution < -0.4 is 5.32 Å². The minimum Gasteiger partial charge on any atom is -0.392 e. The van der Waals surface area contributed by atoms with Crippen LogP contribution in [0.15, 0.2) is 35.7 Å². The zero-order chi connectivity index (χ0) is 17.9. The van der Waals surface area contributed by atoms with Crippen molar-refractivity contribution in [3.63, 3.8) is 0 Å². The average Bonchev–Trinajstić information content (AvgIpc) is 3.32. The van der Waals surface area contributed by atoms with Crippen molar-refractivity contribution >= 4 is 17.2 Å². The molecule has 6 nitrogen and oxygen atoms in total. The van der Waals surface area contributed by atoms with E-state index in [0.717, 1.165) is 49.0 Å². The van der Waals surface area contributed by atoms with Gasteiger partial charge in [0.15, 0.2) is 0 Å². The molecule has 0 unspecified atom stereocenters. The molecule has 26 heavy (non-hydrogen) atoms. The Balaban J connectivity index is 1.29. The molecule has 2 saturated heterocycles. The number of nitrogens with one attached hydrogen (secondary N) is 1. The van der Waals surface area contributed by atoms with Crippen LogP contribution in [-0.4, -0.2) is 70.7 Å². The summed E-state index contributed by atoms with van der Waals surface area (Å²) in [5.74, 6) is 0.126. The first-order valence-electron chi connectivity index (χ1n) is 9.11. The number of benzene rings is 1. The number of thiazole rings is 1. The molecule has 3 heterocycles. The van der Waals surface area contributed by atoms with Crippen molar-refractivity contribution in [2.75, 3.05) is 32.7 Å². The van der Waals surface area contributed by atoms with E-state index < -0.39 is 6.10 Å². The molecule has 2 aliphatic rings. The normalized spacial score (nSPS) is 24.1. The van der Waals surface area contributed by atoms with Gasteiger partial charge in [-0.15, -0.1) is 11.3 Å². The Morgan fingerprint density at radius 1 is 1.23 bits per heavy atom. The van der Waals surface area contributed by atoms with E-state index in [4.69, 9.17) is 4.98 Å². The minimum absolute atomic E-state index is 0.126. The van der Waals surface area contributed by atoms with Crippen molar-refractivity contribution in [2.45, 2.75) is 25.1 Å². The highest BCUT2D eigenvalue weighted by Gasteiger charge is 2.32. The number of hydrogen-bond acceptors (Lipinski definition) is 6. The van der Waals surface area contributed by atoms with Crippen LogP contribution in [0.4, 0.5) is 0 Å². The van der Waals surface area contributed by atoms with E-state index in [1.807, 2.05) is 23.1 Å². The molecule has 1 aromatic heterocycles. The van der Waals surface area contributed by atoms with Crippen LogP contribution in [0.3, 0.4) is 0 Å². The minimum atomic E-state index is -0.395. The van der Waals surface area contributed by atoms with Crippen molar-refractivity contribution in [2.24, 2.45) is 0 Å². The van der Waals surface area contributed by atoms with Gasteiger partial charge in [0.25, 0.3) is 0 Å². The smallest absolute Gasteiger partial charge is 0.239 e. The highest BCUT2D eigenvalue weighted by atomic mass is 32.1. The standard InChI is InChI=1S/C19H24N4O2S/c24-16-10-17(20-11-16)19(25)23-8-6-22(7-9-23)12-15-13-26-18(21-15)14-4-2-1-3-5-14/h1-5,13,16-17,20,24H,6-12H2/t16-,17+/m0/s1. The molecular formula is C19H24N4O2S. The van der Waals surface area contributed by atoms with E-state index in [9.17, 15) is 9.90 Å². The molecular weight excluding hydrogens is 348 g/mol. The third kappa shape index (κ3) is 3.96. The van der Waals surface area contributed by atoms with Crippen molar-refractivity contribution in [3.05, 3.63) is 41.4 Å². The highest BCUT2D eigenvalue weighted by molar-refractivity contribution is 7.13. The largest absolute Gasteiger partial charge is 0.392 e. The second-order valence-corrected chi connectivity index (χ2v) is 7.82. The van der Waals surface area contributed by atoms with Crippen LogP contribution in [0, 0.1) is 0 Å². The highest BCUT2D eigenvalue weighted by Crippen LogP contribution is 2.24. The summed E-state index contributed by atoms with van der Waals surface area (Å²) in [5.41, 5.74) is 2.25. The molecule has 1 aromatic carbocycles. The van der Waals surface area contributed by atoms with Crippen LogP contribution in [0.5, 0.6) is 0 Å². The predicted octanol–water partition coefficient (Wildman–Crippen LogP) is 1.18. The van der Waals surface area contributed by atoms with Crippen molar-refractivity contribution in [1.29, 1.82) is 0 Å². The predicted molar refractivity (Wildman–Crippen MR) is 102 cm³/mol. The van der Waals surface area contributed by atoms with Crippen LogP contribution in [-0.2, 0) is 11.3 Å². The third-order valence-electron chi connectivity index (χ3n) is 5.05. The third-order valence-corrected chi connectivity index (χ3v) is 5.99. The SMILES string of the molecule is O=C([C@H]1C[C@H](O)CN1)N1CCN(Cc2csc(-c3ccccc3)n2)CC1. The number of hydrogen-bond donors (Lipinski definition) is 2. The van der Waals surface area contributed by atoms with E-state index in [1.165, 1.54) is 0 Å². The van der Waals surface area contributed by atoms with Gasteiger partial charge in [-0.25, -0.2) is 4.98 Å². The van der Waals surface area contributed by atoms with Gasteiger partial charge >= 0.3 is 0 Å². The maximum Gasteiger partial charge on any atom is 0.239 e. The van der Waals surface area contributed by atoms with Gasteiger partial charge in [-0.05, 0) is 6.42 Å². The Labute approximate surface area is 157 Å². The molecule has 138 valence electrons. The second kappa shape index (κ2) is 7.84. The molecule has 7 heteroatoms. The fourth-order valence-corrected chi connectivity index (χ4v) is 4.39. The van der Waals surface area contributed by atoms with E-state index >= 15 is 0 Å². The molecule has 0 saturated carbocycles. The summed E-state index contributed by atoms with van der Waals surface area (Å²) in [6.45, 7) is 4.54. The number of amides is 1. The Hall–Kier alpha value is -1.80. The fourth-order valence-electron chi connectivity index (χ4n) is 3.57. The first-order chi connectivity index (χ1) is 12.7. The lowest BCUT2D eigenvalue weighted by atomic mass is 10.1. The molecule has 2 aromatic rings. The molecule has 0 bridgehead atoms. The quantitative estimate of drug-likeness (QED) is 0.844. The van der Waals surface area contributed by atoms with Gasteiger partial charge in [-0.2, -0.15) is 0 Å². The Bertz CT molecular complexity index is 743. The topological polar surface area (TPSA) is 68.7 Å². The van der Waals surface area contributed by atoms with Crippen LogP contribution in [0.25, 0.3) is 10.6 Å². The molecule has 2 N–H and O–H groups in total. The summed E-state index contributed by atoms with van der Waals surface area (Å²) in [4.78, 5) is 21.5. The van der Waals surface area contributed by atoms with Crippen LogP contribution in [0.1, 0.15) is 12.1 Å². The molecule has 1 amide bonds. The van der Waals surface area contributed by atoms with Gasteiger partial charge < -0.3 is 15.3 Å². The molecule has 0 aliphatic carbocycles. The fraction of sp³-hybridized carbons (Fsp3) is 0.474. The van der Waals surface area contributed by atoms with Gasteiger partial charge in [0, 0.05) is 50.2 Å². The molecule has 0 radical (unpaired) electrons. The molecule has 4 rings (SSSR count). The first-order valence-corrected chi connectivity index (χ1v) is 9.99. The summed E-state index contributed by atoms with van der Waals surface area (Å²) in [5, 5.41) is 15.9. The zero-order valence-corrected chi connectivity index (χ0v) is 15.5. The molecule has 2 aliphatic heterocycles. The van der Waals surface area contributed by atoms with Crippen molar-refractivity contribution in [1.82, 2.24) is 20.1 Å². The van der Waals surface area contributed by atoms with E-state index in [2.05, 4.69) is 27.7 Å². The number of aromatic nitrogens is 1. The maximum atomic E-state index is 12.5. The number of aliphatic hydroxyl groups excluding tert-OH is 1. The maximum absolute atomic E-state index is 12.5. The van der Waals surface area contributed by atoms with Gasteiger partial charge in [-0.3, -0.25) is 9.69 Å². The van der Waals surface area contributed by atoms with Gasteiger partial charge in [0.05, 0.1) is 17.8 Å². The molecule has 2 atom stereocenters. The van der Waals surface area contributed by atoms with Gasteiger partial charge in [0.2, 0.25) is 5.91 Å². The number of piperazine rings is 1.